The van der Waals surface area contributed by atoms with Crippen molar-refractivity contribution in [3.05, 3.63) is 51.5 Å². The van der Waals surface area contributed by atoms with Crippen LogP contribution in [0.15, 0.2) is 36.4 Å². The third-order valence-electron chi connectivity index (χ3n) is 2.97. The number of nitrogens with zero attached hydrogens (tertiary/aromatic N) is 1. The van der Waals surface area contributed by atoms with Gasteiger partial charge >= 0.3 is 6.09 Å². The number of hydrogen-bond donors (Lipinski definition) is 1. The summed E-state index contributed by atoms with van der Waals surface area (Å²) in [4.78, 5) is 22.2. The molecule has 1 N–H and O–H groups in total. The number of methoxy groups -OCH3 is 2. The number of anilines is 1. The van der Waals surface area contributed by atoms with Gasteiger partial charge in [-0.05, 0) is 24.3 Å². The number of carbonyl (C=O) groups excluding carboxylic acids is 1. The Kier molecular flexibility index (Phi) is 5.43. The molecule has 24 heavy (non-hydrogen) atoms. The van der Waals surface area contributed by atoms with Gasteiger partial charge < -0.3 is 14.2 Å². The smallest absolute Gasteiger partial charge is 0.417 e. The van der Waals surface area contributed by atoms with Crippen molar-refractivity contribution >= 4 is 29.1 Å². The Morgan fingerprint density at radius 1 is 1.17 bits per heavy atom. The fourth-order valence-corrected chi connectivity index (χ4v) is 2.07. The molecule has 0 bridgehead atoms. The number of halogens is 1. The maximum Gasteiger partial charge on any atom is 0.417 e. The molecule has 0 heterocycles. The summed E-state index contributed by atoms with van der Waals surface area (Å²) >= 11 is 5.72. The summed E-state index contributed by atoms with van der Waals surface area (Å²) in [7, 11) is 2.84. The standard InChI is InChI=1S/C15H13ClN2O6/c1-22-12-4-3-5-13(23-2)14(12)24-15(19)17-9-6-7-10(16)11(8-9)18(20)21/h3-8H,1-2H3,(H,17,19). The minimum atomic E-state index is -0.866. The fraction of sp³-hybridized carbons (Fsp3) is 0.133. The van der Waals surface area contributed by atoms with E-state index >= 15 is 0 Å². The third-order valence-corrected chi connectivity index (χ3v) is 3.29. The third kappa shape index (κ3) is 3.85. The highest BCUT2D eigenvalue weighted by Gasteiger charge is 2.18. The molecule has 0 aliphatic heterocycles. The number of para-hydroxylation sites is 1. The summed E-state index contributed by atoms with van der Waals surface area (Å²) in [5, 5.41) is 13.2. The maximum absolute atomic E-state index is 12.0. The second-order valence-electron chi connectivity index (χ2n) is 4.43. The molecular formula is C15H13ClN2O6. The molecule has 2 aromatic rings. The lowest BCUT2D eigenvalue weighted by Crippen LogP contribution is -2.17. The van der Waals surface area contributed by atoms with Crippen LogP contribution >= 0.6 is 11.6 Å². The van der Waals surface area contributed by atoms with Gasteiger partial charge in [-0.25, -0.2) is 4.79 Å². The summed E-state index contributed by atoms with van der Waals surface area (Å²) in [5.41, 5.74) is -0.172. The van der Waals surface area contributed by atoms with Crippen LogP contribution in [0, 0.1) is 10.1 Å². The Bertz CT molecular complexity index is 758. The van der Waals surface area contributed by atoms with E-state index in [1.54, 1.807) is 18.2 Å². The van der Waals surface area contributed by atoms with Crippen LogP contribution in [0.5, 0.6) is 17.2 Å². The first kappa shape index (κ1) is 17.4. The number of ether oxygens (including phenoxy) is 3. The molecule has 9 heteroatoms. The highest BCUT2D eigenvalue weighted by molar-refractivity contribution is 6.32. The van der Waals surface area contributed by atoms with Crippen molar-refractivity contribution in [2.45, 2.75) is 0 Å². The Labute approximate surface area is 142 Å². The molecule has 0 aliphatic carbocycles. The summed E-state index contributed by atoms with van der Waals surface area (Å²) in [5.74, 6) is 0.682. The zero-order valence-corrected chi connectivity index (χ0v) is 13.5. The molecule has 0 saturated carbocycles. The SMILES string of the molecule is COc1cccc(OC)c1OC(=O)Nc1ccc(Cl)c([N+](=O)[O-])c1. The van der Waals surface area contributed by atoms with E-state index in [-0.39, 0.29) is 22.1 Å². The van der Waals surface area contributed by atoms with Gasteiger partial charge in [0.1, 0.15) is 5.02 Å². The Hall–Kier alpha value is -3.00. The van der Waals surface area contributed by atoms with Crippen LogP contribution in [-0.4, -0.2) is 25.2 Å². The van der Waals surface area contributed by atoms with Gasteiger partial charge in [0.15, 0.2) is 11.5 Å². The van der Waals surface area contributed by atoms with Gasteiger partial charge in [0.25, 0.3) is 5.69 Å². The minimum Gasteiger partial charge on any atom is -0.493 e. The van der Waals surface area contributed by atoms with Crippen molar-refractivity contribution in [3.8, 4) is 17.2 Å². The Morgan fingerprint density at radius 3 is 2.33 bits per heavy atom. The van der Waals surface area contributed by atoms with Crippen molar-refractivity contribution in [2.24, 2.45) is 0 Å². The summed E-state index contributed by atoms with van der Waals surface area (Å²) in [6.45, 7) is 0. The Morgan fingerprint density at radius 2 is 1.79 bits per heavy atom. The normalized spacial score (nSPS) is 9.96. The molecule has 0 radical (unpaired) electrons. The first-order valence-corrected chi connectivity index (χ1v) is 6.97. The van der Waals surface area contributed by atoms with Crippen molar-refractivity contribution in [3.63, 3.8) is 0 Å². The van der Waals surface area contributed by atoms with Crippen LogP contribution in [0.3, 0.4) is 0 Å². The predicted molar refractivity (Wildman–Crippen MR) is 87.3 cm³/mol. The monoisotopic (exact) mass is 352 g/mol. The molecule has 0 atom stereocenters. The van der Waals surface area contributed by atoms with Gasteiger partial charge in [-0.1, -0.05) is 17.7 Å². The highest BCUT2D eigenvalue weighted by Crippen LogP contribution is 2.37. The van der Waals surface area contributed by atoms with Gasteiger partial charge in [-0.3, -0.25) is 15.4 Å². The van der Waals surface area contributed by atoms with Crippen molar-refractivity contribution in [2.75, 3.05) is 19.5 Å². The van der Waals surface area contributed by atoms with Crippen molar-refractivity contribution < 1.29 is 23.9 Å². The molecule has 126 valence electrons. The van der Waals surface area contributed by atoms with Crippen molar-refractivity contribution in [1.29, 1.82) is 0 Å². The molecule has 0 saturated heterocycles. The van der Waals surface area contributed by atoms with Gasteiger partial charge in [-0.15, -0.1) is 0 Å². The lowest BCUT2D eigenvalue weighted by Gasteiger charge is -2.13. The topological polar surface area (TPSA) is 99.9 Å². The van der Waals surface area contributed by atoms with E-state index in [2.05, 4.69) is 5.32 Å². The lowest BCUT2D eigenvalue weighted by atomic mass is 10.3. The number of amides is 1. The van der Waals surface area contributed by atoms with Crippen LogP contribution in [-0.2, 0) is 0 Å². The quantitative estimate of drug-likeness (QED) is 0.647. The van der Waals surface area contributed by atoms with E-state index < -0.39 is 11.0 Å². The zero-order valence-electron chi connectivity index (χ0n) is 12.7. The largest absolute Gasteiger partial charge is 0.493 e. The molecule has 0 unspecified atom stereocenters. The zero-order chi connectivity index (χ0) is 17.7. The molecule has 2 aromatic carbocycles. The number of nitrogens with one attached hydrogen (secondary N) is 1. The summed E-state index contributed by atoms with van der Waals surface area (Å²) in [6, 6.07) is 8.71. The van der Waals surface area contributed by atoms with Crippen LogP contribution in [0.2, 0.25) is 5.02 Å². The molecule has 0 aliphatic rings. The average Bonchev–Trinajstić information content (AvgIpc) is 2.56. The second-order valence-corrected chi connectivity index (χ2v) is 4.84. The van der Waals surface area contributed by atoms with Crippen LogP contribution in [0.1, 0.15) is 0 Å². The van der Waals surface area contributed by atoms with E-state index in [0.29, 0.717) is 11.5 Å². The number of nitro benzene ring substituents is 1. The molecule has 2 rings (SSSR count). The van der Waals surface area contributed by atoms with E-state index in [0.717, 1.165) is 6.07 Å². The van der Waals surface area contributed by atoms with Gasteiger partial charge in [0.2, 0.25) is 5.75 Å². The molecule has 0 spiro atoms. The molecule has 1 amide bonds. The van der Waals surface area contributed by atoms with E-state index in [9.17, 15) is 14.9 Å². The highest BCUT2D eigenvalue weighted by atomic mass is 35.5. The van der Waals surface area contributed by atoms with Crippen LogP contribution < -0.4 is 19.5 Å². The lowest BCUT2D eigenvalue weighted by molar-refractivity contribution is -0.384. The molecular weight excluding hydrogens is 340 g/mol. The molecule has 0 aromatic heterocycles. The van der Waals surface area contributed by atoms with E-state index in [4.69, 9.17) is 25.8 Å². The van der Waals surface area contributed by atoms with Gasteiger partial charge in [0, 0.05) is 6.07 Å². The minimum absolute atomic E-state index is 0.0367. The number of benzene rings is 2. The molecule has 8 nitrogen and oxygen atoms in total. The van der Waals surface area contributed by atoms with Gasteiger partial charge in [0.05, 0.1) is 24.8 Å². The first-order chi connectivity index (χ1) is 11.5. The maximum atomic E-state index is 12.0. The molecule has 0 fully saturated rings. The van der Waals surface area contributed by atoms with Crippen molar-refractivity contribution in [1.82, 2.24) is 0 Å². The summed E-state index contributed by atoms with van der Waals surface area (Å²) < 4.78 is 15.4. The van der Waals surface area contributed by atoms with Gasteiger partial charge in [-0.2, -0.15) is 0 Å². The average molecular weight is 353 g/mol. The van der Waals surface area contributed by atoms with E-state index in [1.165, 1.54) is 26.4 Å². The Balaban J connectivity index is 2.20. The number of nitro groups is 1. The van der Waals surface area contributed by atoms with Crippen LogP contribution in [0.4, 0.5) is 16.2 Å². The van der Waals surface area contributed by atoms with Crippen LogP contribution in [0.25, 0.3) is 0 Å². The number of carbonyl (C=O) groups is 1. The van der Waals surface area contributed by atoms with E-state index in [1.807, 2.05) is 0 Å². The second kappa shape index (κ2) is 7.51. The number of rotatable bonds is 5. The summed E-state index contributed by atoms with van der Waals surface area (Å²) in [6.07, 6.45) is -0.866. The fourth-order valence-electron chi connectivity index (χ4n) is 1.88. The predicted octanol–water partition coefficient (Wildman–Crippen LogP) is 3.88. The number of hydrogen-bond acceptors (Lipinski definition) is 6. The first-order valence-electron chi connectivity index (χ1n) is 6.60.